The van der Waals surface area contributed by atoms with Gasteiger partial charge in [0.1, 0.15) is 11.3 Å². The summed E-state index contributed by atoms with van der Waals surface area (Å²) in [5, 5.41) is 1.87. The highest BCUT2D eigenvalue weighted by molar-refractivity contribution is 6.04. The van der Waals surface area contributed by atoms with Gasteiger partial charge in [0, 0.05) is 20.1 Å². The van der Waals surface area contributed by atoms with E-state index in [0.29, 0.717) is 37.3 Å². The first-order valence-electron chi connectivity index (χ1n) is 10.5. The molecule has 0 aromatic heterocycles. The van der Waals surface area contributed by atoms with E-state index in [1.807, 2.05) is 52.7 Å². The average molecular weight is 417 g/mol. The molecule has 2 rings (SSSR count). The van der Waals surface area contributed by atoms with Crippen molar-refractivity contribution in [1.82, 2.24) is 9.96 Å². The molecule has 0 aromatic rings. The van der Waals surface area contributed by atoms with Gasteiger partial charge in [0.2, 0.25) is 0 Å². The van der Waals surface area contributed by atoms with Crippen molar-refractivity contribution in [3.05, 3.63) is 46.8 Å². The minimum atomic E-state index is -0.691. The molecule has 30 heavy (non-hydrogen) atoms. The lowest BCUT2D eigenvalue weighted by Crippen LogP contribution is -2.54. The summed E-state index contributed by atoms with van der Waals surface area (Å²) >= 11 is 0. The number of esters is 1. The Hall–Kier alpha value is -2.18. The Labute approximate surface area is 180 Å². The van der Waals surface area contributed by atoms with Crippen molar-refractivity contribution in [3.8, 4) is 0 Å². The molecule has 0 atom stereocenters. The fourth-order valence-corrected chi connectivity index (χ4v) is 4.01. The quantitative estimate of drug-likeness (QED) is 0.497. The highest BCUT2D eigenvalue weighted by Gasteiger charge is 2.54. The van der Waals surface area contributed by atoms with Gasteiger partial charge in [0.25, 0.3) is 5.91 Å². The molecule has 2 aliphatic heterocycles. The SMILES string of the molecule is C=C/C(C)=C(C1=C(OC(=O)C(C)(C)C)C2(CCN(OC)CC2)N(C)C1=O)\C(C)=C/C. The van der Waals surface area contributed by atoms with Crippen molar-refractivity contribution in [2.75, 3.05) is 27.2 Å². The number of carbonyl (C=O) groups excluding carboxylic acids is 2. The number of nitrogens with zero attached hydrogens (tertiary/aromatic N) is 2. The number of piperidine rings is 1. The van der Waals surface area contributed by atoms with Crippen molar-refractivity contribution < 1.29 is 19.2 Å². The number of hydroxylamine groups is 2. The van der Waals surface area contributed by atoms with Crippen LogP contribution in [0.4, 0.5) is 0 Å². The van der Waals surface area contributed by atoms with Crippen molar-refractivity contribution in [2.24, 2.45) is 5.41 Å². The minimum absolute atomic E-state index is 0.130. The van der Waals surface area contributed by atoms with Crippen LogP contribution in [0.5, 0.6) is 0 Å². The maximum absolute atomic E-state index is 13.6. The molecule has 2 aliphatic rings. The molecule has 2 heterocycles. The van der Waals surface area contributed by atoms with Crippen LogP contribution in [-0.2, 0) is 19.2 Å². The Kier molecular flexibility index (Phi) is 7.15. The smallest absolute Gasteiger partial charge is 0.316 e. The molecule has 0 aromatic carbocycles. The largest absolute Gasteiger partial charge is 0.427 e. The molecule has 1 spiro atoms. The summed E-state index contributed by atoms with van der Waals surface area (Å²) in [5.74, 6) is -0.0153. The summed E-state index contributed by atoms with van der Waals surface area (Å²) in [7, 11) is 3.45. The lowest BCUT2D eigenvalue weighted by atomic mass is 9.83. The van der Waals surface area contributed by atoms with Crippen LogP contribution < -0.4 is 0 Å². The Morgan fingerprint density at radius 1 is 1.20 bits per heavy atom. The number of likely N-dealkylation sites (N-methyl/N-ethyl adjacent to an activating group) is 1. The summed E-state index contributed by atoms with van der Waals surface area (Å²) in [5.41, 5.74) is 1.70. The van der Waals surface area contributed by atoms with E-state index in [0.717, 1.165) is 16.7 Å². The zero-order valence-corrected chi connectivity index (χ0v) is 19.7. The molecular weight excluding hydrogens is 380 g/mol. The number of allylic oxidation sites excluding steroid dienone is 4. The monoisotopic (exact) mass is 416 g/mol. The Morgan fingerprint density at radius 3 is 2.20 bits per heavy atom. The number of hydrogen-bond acceptors (Lipinski definition) is 5. The van der Waals surface area contributed by atoms with Crippen LogP contribution in [0.15, 0.2) is 46.8 Å². The predicted molar refractivity (Wildman–Crippen MR) is 118 cm³/mol. The van der Waals surface area contributed by atoms with Gasteiger partial charge in [0.05, 0.1) is 18.1 Å². The lowest BCUT2D eigenvalue weighted by molar-refractivity contribution is -0.167. The Morgan fingerprint density at radius 2 is 1.77 bits per heavy atom. The highest BCUT2D eigenvalue weighted by Crippen LogP contribution is 2.47. The van der Waals surface area contributed by atoms with Gasteiger partial charge in [-0.1, -0.05) is 18.7 Å². The number of carbonyl (C=O) groups is 2. The van der Waals surface area contributed by atoms with Gasteiger partial charge < -0.3 is 14.5 Å². The minimum Gasteiger partial charge on any atom is -0.427 e. The van der Waals surface area contributed by atoms with Gasteiger partial charge in [-0.3, -0.25) is 9.59 Å². The van der Waals surface area contributed by atoms with Gasteiger partial charge in [-0.25, -0.2) is 0 Å². The van der Waals surface area contributed by atoms with Crippen LogP contribution >= 0.6 is 0 Å². The third kappa shape index (κ3) is 4.16. The molecule has 6 heteroatoms. The van der Waals surface area contributed by atoms with E-state index >= 15 is 0 Å². The lowest BCUT2D eigenvalue weighted by Gasteiger charge is -2.43. The summed E-state index contributed by atoms with van der Waals surface area (Å²) in [4.78, 5) is 33.7. The molecular formula is C24H36N2O4. The second kappa shape index (κ2) is 8.90. The molecule has 0 N–H and O–H groups in total. The normalized spacial score (nSPS) is 21.3. The third-order valence-corrected chi connectivity index (χ3v) is 6.20. The van der Waals surface area contributed by atoms with E-state index in [4.69, 9.17) is 9.57 Å². The second-order valence-electron chi connectivity index (χ2n) is 9.08. The predicted octanol–water partition coefficient (Wildman–Crippen LogP) is 4.17. The van der Waals surface area contributed by atoms with E-state index in [1.54, 1.807) is 25.1 Å². The standard InChI is InChI=1S/C24H36N2O4/c1-10-16(3)18(17(4)11-2)19-20(30-22(28)23(5,6)7)24(25(8)21(19)27)12-14-26(29-9)15-13-24/h10-11H,1,12-15H2,2-9H3/b17-11-,18-16+. The van der Waals surface area contributed by atoms with Crippen LogP contribution in [0.25, 0.3) is 0 Å². The number of amides is 1. The Bertz CT molecular complexity index is 819. The zero-order chi connectivity index (χ0) is 22.9. The van der Waals surface area contributed by atoms with Crippen molar-refractivity contribution >= 4 is 11.9 Å². The van der Waals surface area contributed by atoms with Crippen LogP contribution in [0, 0.1) is 5.41 Å². The van der Waals surface area contributed by atoms with Crippen molar-refractivity contribution in [3.63, 3.8) is 0 Å². The molecule has 0 bridgehead atoms. The second-order valence-corrected chi connectivity index (χ2v) is 9.08. The van der Waals surface area contributed by atoms with Crippen LogP contribution in [0.3, 0.4) is 0 Å². The van der Waals surface area contributed by atoms with Crippen molar-refractivity contribution in [2.45, 2.75) is 59.9 Å². The first-order chi connectivity index (χ1) is 13.9. The fourth-order valence-electron chi connectivity index (χ4n) is 4.01. The van der Waals surface area contributed by atoms with Gasteiger partial charge in [-0.2, -0.15) is 5.06 Å². The van der Waals surface area contributed by atoms with Gasteiger partial charge in [-0.15, -0.1) is 0 Å². The maximum atomic E-state index is 13.6. The number of hydrogen-bond donors (Lipinski definition) is 0. The maximum Gasteiger partial charge on any atom is 0.316 e. The number of ether oxygens (including phenoxy) is 1. The summed E-state index contributed by atoms with van der Waals surface area (Å²) in [6, 6.07) is 0. The summed E-state index contributed by atoms with van der Waals surface area (Å²) in [6.07, 6.45) is 4.94. The molecule has 1 fully saturated rings. The molecule has 6 nitrogen and oxygen atoms in total. The van der Waals surface area contributed by atoms with Crippen LogP contribution in [0.1, 0.15) is 54.4 Å². The van der Waals surface area contributed by atoms with Gasteiger partial charge in [0.15, 0.2) is 0 Å². The summed E-state index contributed by atoms with van der Waals surface area (Å²) < 4.78 is 6.08. The Balaban J connectivity index is 2.77. The van der Waals surface area contributed by atoms with E-state index in [-0.39, 0.29) is 11.9 Å². The topological polar surface area (TPSA) is 59.1 Å². The third-order valence-electron chi connectivity index (χ3n) is 6.20. The molecule has 0 aliphatic carbocycles. The van der Waals surface area contributed by atoms with Gasteiger partial charge >= 0.3 is 5.97 Å². The average Bonchev–Trinajstić information content (AvgIpc) is 2.90. The first kappa shape index (κ1) is 24.1. The molecule has 1 saturated heterocycles. The molecule has 1 amide bonds. The van der Waals surface area contributed by atoms with E-state index in [9.17, 15) is 9.59 Å². The first-order valence-corrected chi connectivity index (χ1v) is 10.5. The zero-order valence-electron chi connectivity index (χ0n) is 19.7. The molecule has 0 unspecified atom stereocenters. The van der Waals surface area contributed by atoms with Gasteiger partial charge in [-0.05, 0) is 71.1 Å². The van der Waals surface area contributed by atoms with E-state index in [1.165, 1.54) is 0 Å². The molecule has 166 valence electrons. The number of rotatable bonds is 5. The molecule has 0 saturated carbocycles. The van der Waals surface area contributed by atoms with Crippen molar-refractivity contribution in [1.29, 1.82) is 0 Å². The van der Waals surface area contributed by atoms with Crippen LogP contribution in [0.2, 0.25) is 0 Å². The van der Waals surface area contributed by atoms with Crippen LogP contribution in [-0.4, -0.2) is 54.6 Å². The summed E-state index contributed by atoms with van der Waals surface area (Å²) in [6.45, 7) is 16.5. The van der Waals surface area contributed by atoms with E-state index < -0.39 is 11.0 Å². The van der Waals surface area contributed by atoms with E-state index in [2.05, 4.69) is 6.58 Å². The molecule has 0 radical (unpaired) electrons. The highest BCUT2D eigenvalue weighted by atomic mass is 16.7. The fraction of sp³-hybridized carbons (Fsp3) is 0.583.